The number of nitrogens with one attached hydrogen (secondary N) is 1. The van der Waals surface area contributed by atoms with E-state index in [-0.39, 0.29) is 12.5 Å². The molecule has 0 aliphatic carbocycles. The van der Waals surface area contributed by atoms with Gasteiger partial charge < -0.3 is 19.9 Å². The highest BCUT2D eigenvalue weighted by Gasteiger charge is 2.35. The van der Waals surface area contributed by atoms with E-state index in [9.17, 15) is 9.59 Å². The zero-order valence-corrected chi connectivity index (χ0v) is 13.3. The number of carboxylic acids is 1. The highest BCUT2D eigenvalue weighted by atomic mass is 16.5. The number of amides is 1. The molecule has 6 heteroatoms. The summed E-state index contributed by atoms with van der Waals surface area (Å²) in [5.41, 5.74) is 0.630. The van der Waals surface area contributed by atoms with Crippen molar-refractivity contribution in [3.63, 3.8) is 0 Å². The van der Waals surface area contributed by atoms with Gasteiger partial charge in [-0.3, -0.25) is 4.79 Å². The Morgan fingerprint density at radius 1 is 1.35 bits per heavy atom. The Hall–Kier alpha value is -2.08. The second-order valence-electron chi connectivity index (χ2n) is 6.05. The lowest BCUT2D eigenvalue weighted by molar-refractivity contribution is -0.139. The van der Waals surface area contributed by atoms with Gasteiger partial charge in [0.2, 0.25) is 5.91 Å². The lowest BCUT2D eigenvalue weighted by atomic mass is 9.84. The van der Waals surface area contributed by atoms with Crippen molar-refractivity contribution in [2.24, 2.45) is 5.41 Å². The van der Waals surface area contributed by atoms with Gasteiger partial charge in [0.25, 0.3) is 0 Å². The van der Waals surface area contributed by atoms with Crippen LogP contribution in [0.25, 0.3) is 0 Å². The van der Waals surface area contributed by atoms with E-state index in [2.05, 4.69) is 5.32 Å². The van der Waals surface area contributed by atoms with Gasteiger partial charge in [-0.15, -0.1) is 0 Å². The Bertz CT molecular complexity index is 534. The van der Waals surface area contributed by atoms with Crippen LogP contribution >= 0.6 is 0 Å². The van der Waals surface area contributed by atoms with Gasteiger partial charge in [0.1, 0.15) is 5.75 Å². The molecule has 126 valence electrons. The monoisotopic (exact) mass is 321 g/mol. The van der Waals surface area contributed by atoms with Crippen LogP contribution in [0.3, 0.4) is 0 Å². The minimum Gasteiger partial charge on any atom is -0.482 e. The van der Waals surface area contributed by atoms with E-state index in [0.717, 1.165) is 25.0 Å². The molecule has 2 rings (SSSR count). The Balaban J connectivity index is 1.75. The number of aliphatic carboxylic acids is 1. The Morgan fingerprint density at radius 2 is 2.09 bits per heavy atom. The summed E-state index contributed by atoms with van der Waals surface area (Å²) in [6.45, 7) is 3.36. The highest BCUT2D eigenvalue weighted by molar-refractivity contribution is 5.82. The fourth-order valence-corrected chi connectivity index (χ4v) is 2.54. The summed E-state index contributed by atoms with van der Waals surface area (Å²) >= 11 is 0. The molecule has 1 heterocycles. The average molecular weight is 321 g/mol. The standard InChI is InChI=1S/C17H23NO5/c1-17(8-2-10-22-12-17)16(21)18-9-7-13-3-5-14(6-4-13)23-11-15(19)20/h3-6H,2,7-12H2,1H3,(H,18,21)(H,19,20). The summed E-state index contributed by atoms with van der Waals surface area (Å²) in [6, 6.07) is 7.20. The first kappa shape index (κ1) is 17.3. The minimum absolute atomic E-state index is 0.0404. The van der Waals surface area contributed by atoms with Crippen molar-refractivity contribution >= 4 is 11.9 Å². The fraction of sp³-hybridized carbons (Fsp3) is 0.529. The van der Waals surface area contributed by atoms with Crippen molar-refractivity contribution in [1.82, 2.24) is 5.32 Å². The second kappa shape index (κ2) is 7.97. The first-order valence-corrected chi connectivity index (χ1v) is 7.79. The third-order valence-corrected chi connectivity index (χ3v) is 3.97. The van der Waals surface area contributed by atoms with E-state index in [1.54, 1.807) is 12.1 Å². The van der Waals surface area contributed by atoms with E-state index < -0.39 is 11.4 Å². The van der Waals surface area contributed by atoms with Crippen molar-refractivity contribution in [1.29, 1.82) is 0 Å². The predicted molar refractivity (Wildman–Crippen MR) is 84.4 cm³/mol. The van der Waals surface area contributed by atoms with Gasteiger partial charge in [0.05, 0.1) is 12.0 Å². The summed E-state index contributed by atoms with van der Waals surface area (Å²) < 4.78 is 10.5. The molecular weight excluding hydrogens is 298 g/mol. The minimum atomic E-state index is -1.00. The maximum atomic E-state index is 12.2. The molecule has 0 saturated carbocycles. The molecule has 0 spiro atoms. The smallest absolute Gasteiger partial charge is 0.341 e. The topological polar surface area (TPSA) is 84.9 Å². The third-order valence-electron chi connectivity index (χ3n) is 3.97. The van der Waals surface area contributed by atoms with E-state index >= 15 is 0 Å². The summed E-state index contributed by atoms with van der Waals surface area (Å²) in [5, 5.41) is 11.5. The molecule has 1 aromatic rings. The Morgan fingerprint density at radius 3 is 2.70 bits per heavy atom. The van der Waals surface area contributed by atoms with Gasteiger partial charge in [-0.1, -0.05) is 12.1 Å². The lowest BCUT2D eigenvalue weighted by Gasteiger charge is -2.31. The lowest BCUT2D eigenvalue weighted by Crippen LogP contribution is -2.44. The number of ether oxygens (including phenoxy) is 2. The van der Waals surface area contributed by atoms with E-state index in [1.165, 1.54) is 0 Å². The van der Waals surface area contributed by atoms with Crippen LogP contribution in [0.15, 0.2) is 24.3 Å². The largest absolute Gasteiger partial charge is 0.482 e. The normalized spacial score (nSPS) is 20.7. The predicted octanol–water partition coefficient (Wildman–Crippen LogP) is 1.63. The van der Waals surface area contributed by atoms with E-state index in [0.29, 0.717) is 25.3 Å². The molecule has 1 aliphatic heterocycles. The van der Waals surface area contributed by atoms with Crippen LogP contribution in [-0.2, 0) is 20.7 Å². The summed E-state index contributed by atoms with van der Waals surface area (Å²) in [5.74, 6) is -0.442. The quantitative estimate of drug-likeness (QED) is 0.797. The number of benzene rings is 1. The van der Waals surface area contributed by atoms with Crippen molar-refractivity contribution in [3.8, 4) is 5.75 Å². The van der Waals surface area contributed by atoms with Gasteiger partial charge >= 0.3 is 5.97 Å². The first-order chi connectivity index (χ1) is 11.0. The van der Waals surface area contributed by atoms with Crippen LogP contribution in [0.5, 0.6) is 5.75 Å². The molecule has 1 amide bonds. The van der Waals surface area contributed by atoms with Crippen LogP contribution in [0, 0.1) is 5.41 Å². The van der Waals surface area contributed by atoms with Crippen LogP contribution < -0.4 is 10.1 Å². The zero-order chi connectivity index (χ0) is 16.7. The van der Waals surface area contributed by atoms with Crippen LogP contribution in [0.1, 0.15) is 25.3 Å². The van der Waals surface area contributed by atoms with Crippen LogP contribution in [-0.4, -0.2) is 43.3 Å². The molecule has 1 saturated heterocycles. The maximum absolute atomic E-state index is 12.2. The Kier molecular flexibility index (Phi) is 5.98. The molecule has 0 radical (unpaired) electrons. The molecule has 1 aromatic carbocycles. The van der Waals surface area contributed by atoms with Gasteiger partial charge in [0, 0.05) is 13.2 Å². The second-order valence-corrected chi connectivity index (χ2v) is 6.05. The molecule has 1 unspecified atom stereocenters. The molecule has 23 heavy (non-hydrogen) atoms. The third kappa shape index (κ3) is 5.25. The number of carboxylic acid groups (broad SMARTS) is 1. The molecule has 1 atom stereocenters. The first-order valence-electron chi connectivity index (χ1n) is 7.79. The SMILES string of the molecule is CC1(C(=O)NCCc2ccc(OCC(=O)O)cc2)CCCOC1. The molecule has 2 N–H and O–H groups in total. The number of hydrogen-bond donors (Lipinski definition) is 2. The molecule has 0 aromatic heterocycles. The van der Waals surface area contributed by atoms with Crippen LogP contribution in [0.4, 0.5) is 0 Å². The van der Waals surface area contributed by atoms with Crippen molar-refractivity contribution < 1.29 is 24.2 Å². The van der Waals surface area contributed by atoms with Gasteiger partial charge in [0.15, 0.2) is 6.61 Å². The van der Waals surface area contributed by atoms with E-state index in [1.807, 2.05) is 19.1 Å². The molecule has 1 aliphatic rings. The maximum Gasteiger partial charge on any atom is 0.341 e. The summed E-state index contributed by atoms with van der Waals surface area (Å²) in [7, 11) is 0. The van der Waals surface area contributed by atoms with Gasteiger partial charge in [-0.05, 0) is 43.9 Å². The highest BCUT2D eigenvalue weighted by Crippen LogP contribution is 2.27. The number of carbonyl (C=O) groups excluding carboxylic acids is 1. The van der Waals surface area contributed by atoms with Crippen molar-refractivity contribution in [2.45, 2.75) is 26.2 Å². The van der Waals surface area contributed by atoms with E-state index in [4.69, 9.17) is 14.6 Å². The molecule has 0 bridgehead atoms. The number of rotatable bonds is 7. The number of carbonyl (C=O) groups is 2. The van der Waals surface area contributed by atoms with Crippen molar-refractivity contribution in [3.05, 3.63) is 29.8 Å². The summed E-state index contributed by atoms with van der Waals surface area (Å²) in [4.78, 5) is 22.7. The average Bonchev–Trinajstić information content (AvgIpc) is 2.54. The summed E-state index contributed by atoms with van der Waals surface area (Å²) in [6.07, 6.45) is 2.48. The molecule has 1 fully saturated rings. The fourth-order valence-electron chi connectivity index (χ4n) is 2.54. The number of hydrogen-bond acceptors (Lipinski definition) is 4. The molecular formula is C17H23NO5. The molecule has 6 nitrogen and oxygen atoms in total. The van der Waals surface area contributed by atoms with Crippen LogP contribution in [0.2, 0.25) is 0 Å². The zero-order valence-electron chi connectivity index (χ0n) is 13.3. The van der Waals surface area contributed by atoms with Gasteiger partial charge in [-0.25, -0.2) is 4.79 Å². The van der Waals surface area contributed by atoms with Crippen molar-refractivity contribution in [2.75, 3.05) is 26.4 Å². The van der Waals surface area contributed by atoms with Gasteiger partial charge in [-0.2, -0.15) is 0 Å². The Labute approximate surface area is 135 Å².